The number of ether oxygens (including phenoxy) is 1. The molecule has 0 bridgehead atoms. The van der Waals surface area contributed by atoms with Gasteiger partial charge in [-0.05, 0) is 111 Å². The molecule has 0 aliphatic carbocycles. The maximum absolute atomic E-state index is 13.4. The molecule has 4 N–H and O–H groups in total. The van der Waals surface area contributed by atoms with Crippen LogP contribution in [0.1, 0.15) is 181 Å². The van der Waals surface area contributed by atoms with Gasteiger partial charge in [-0.3, -0.25) is 9.59 Å². The maximum atomic E-state index is 13.4. The lowest BCUT2D eigenvalue weighted by Gasteiger charge is -2.26. The Morgan fingerprint density at radius 3 is 1.32 bits per heavy atom. The van der Waals surface area contributed by atoms with Crippen LogP contribution in [0, 0.1) is 0 Å². The molecule has 1 amide bonds. The second-order valence-electron chi connectivity index (χ2n) is 15.3. The molecular formula is C46H86N4O3. The van der Waals surface area contributed by atoms with E-state index in [4.69, 9.17) is 16.2 Å². The first-order chi connectivity index (χ1) is 25.8. The van der Waals surface area contributed by atoms with Crippen molar-refractivity contribution in [2.24, 2.45) is 11.5 Å². The van der Waals surface area contributed by atoms with Crippen molar-refractivity contribution in [3.05, 3.63) is 48.6 Å². The Morgan fingerprint density at radius 2 is 0.906 bits per heavy atom. The van der Waals surface area contributed by atoms with E-state index >= 15 is 0 Å². The first-order valence-corrected chi connectivity index (χ1v) is 22.0. The van der Waals surface area contributed by atoms with Crippen LogP contribution in [0.4, 0.5) is 0 Å². The number of nitrogens with two attached hydrogens (primary N) is 2. The van der Waals surface area contributed by atoms with Gasteiger partial charge in [0, 0.05) is 13.1 Å². The first-order valence-electron chi connectivity index (χ1n) is 22.0. The summed E-state index contributed by atoms with van der Waals surface area (Å²) >= 11 is 0. The van der Waals surface area contributed by atoms with Crippen molar-refractivity contribution < 1.29 is 14.3 Å². The molecule has 0 fully saturated rings. The zero-order valence-corrected chi connectivity index (χ0v) is 35.3. The van der Waals surface area contributed by atoms with Gasteiger partial charge in [0.1, 0.15) is 18.7 Å². The largest absolute Gasteiger partial charge is 0.462 e. The number of rotatable bonds is 38. The number of allylic oxidation sites excluding steroid dienone is 8. The quantitative estimate of drug-likeness (QED) is 0.0371. The van der Waals surface area contributed by atoms with E-state index in [-0.39, 0.29) is 12.5 Å². The zero-order valence-electron chi connectivity index (χ0n) is 35.3. The SMILES string of the molecule is CCCCC/C=C\C/C=C\CCCCCCCCN(CCCCCCCC/C=C\C/C=C\CCCCC)C(=O)[C@@H](N)COC(=O)[C@@H](N)CCCN(C)C. The Kier molecular flexibility index (Phi) is 37.8. The van der Waals surface area contributed by atoms with Crippen LogP contribution in [0.15, 0.2) is 48.6 Å². The van der Waals surface area contributed by atoms with Gasteiger partial charge in [0.15, 0.2) is 0 Å². The number of hydrogen-bond donors (Lipinski definition) is 2. The minimum atomic E-state index is -0.859. The summed E-state index contributed by atoms with van der Waals surface area (Å²) in [6, 6.07) is -1.55. The summed E-state index contributed by atoms with van der Waals surface area (Å²) in [5.41, 5.74) is 12.3. The van der Waals surface area contributed by atoms with Crippen molar-refractivity contribution in [1.82, 2.24) is 9.80 Å². The molecular weight excluding hydrogens is 657 g/mol. The van der Waals surface area contributed by atoms with Gasteiger partial charge in [0.25, 0.3) is 0 Å². The second-order valence-corrected chi connectivity index (χ2v) is 15.3. The lowest BCUT2D eigenvalue weighted by atomic mass is 10.1. The lowest BCUT2D eigenvalue weighted by molar-refractivity contribution is -0.147. The number of nitrogens with zero attached hydrogens (tertiary/aromatic N) is 2. The Hall–Kier alpha value is -2.22. The molecule has 0 unspecified atom stereocenters. The molecule has 0 heterocycles. The van der Waals surface area contributed by atoms with Crippen LogP contribution in [0.25, 0.3) is 0 Å². The minimum Gasteiger partial charge on any atom is -0.462 e. The van der Waals surface area contributed by atoms with Gasteiger partial charge < -0.3 is 26.0 Å². The van der Waals surface area contributed by atoms with Crippen molar-refractivity contribution in [3.63, 3.8) is 0 Å². The van der Waals surface area contributed by atoms with Crippen molar-refractivity contribution in [2.45, 2.75) is 193 Å². The molecule has 7 nitrogen and oxygen atoms in total. The van der Waals surface area contributed by atoms with E-state index in [1.807, 2.05) is 19.0 Å². The monoisotopic (exact) mass is 743 g/mol. The number of carbonyl (C=O) groups is 2. The van der Waals surface area contributed by atoms with Crippen LogP contribution in [0.5, 0.6) is 0 Å². The number of amides is 1. The maximum Gasteiger partial charge on any atom is 0.322 e. The summed E-state index contributed by atoms with van der Waals surface area (Å²) in [4.78, 5) is 29.8. The van der Waals surface area contributed by atoms with Crippen LogP contribution < -0.4 is 11.5 Å². The Labute approximate surface area is 328 Å². The summed E-state index contributed by atoms with van der Waals surface area (Å²) in [6.45, 7) is 6.65. The average Bonchev–Trinajstić information content (AvgIpc) is 3.15. The van der Waals surface area contributed by atoms with Crippen molar-refractivity contribution >= 4 is 11.9 Å². The Morgan fingerprint density at radius 1 is 0.509 bits per heavy atom. The summed E-state index contributed by atoms with van der Waals surface area (Å²) in [5.74, 6) is -0.599. The molecule has 0 saturated heterocycles. The van der Waals surface area contributed by atoms with Crippen LogP contribution >= 0.6 is 0 Å². The molecule has 0 spiro atoms. The fraction of sp³-hybridized carbons (Fsp3) is 0.783. The molecule has 0 aromatic heterocycles. The molecule has 0 aliphatic heterocycles. The van der Waals surface area contributed by atoms with Crippen molar-refractivity contribution in [1.29, 1.82) is 0 Å². The highest BCUT2D eigenvalue weighted by molar-refractivity contribution is 5.82. The first kappa shape index (κ1) is 50.8. The van der Waals surface area contributed by atoms with E-state index in [9.17, 15) is 9.59 Å². The van der Waals surface area contributed by atoms with E-state index in [1.54, 1.807) is 0 Å². The number of hydrogen-bond acceptors (Lipinski definition) is 6. The predicted molar refractivity (Wildman–Crippen MR) is 230 cm³/mol. The third kappa shape index (κ3) is 35.2. The van der Waals surface area contributed by atoms with Gasteiger partial charge in [0.2, 0.25) is 5.91 Å². The van der Waals surface area contributed by atoms with E-state index in [1.165, 1.54) is 103 Å². The molecule has 0 aliphatic rings. The zero-order chi connectivity index (χ0) is 39.0. The van der Waals surface area contributed by atoms with Crippen LogP contribution in [0.2, 0.25) is 0 Å². The third-order valence-corrected chi connectivity index (χ3v) is 9.71. The topological polar surface area (TPSA) is 102 Å². The van der Waals surface area contributed by atoms with Crippen LogP contribution in [0.3, 0.4) is 0 Å². The van der Waals surface area contributed by atoms with Gasteiger partial charge in [0.05, 0.1) is 0 Å². The van der Waals surface area contributed by atoms with E-state index in [2.05, 4.69) is 67.4 Å². The highest BCUT2D eigenvalue weighted by Gasteiger charge is 2.23. The van der Waals surface area contributed by atoms with Gasteiger partial charge in [-0.2, -0.15) is 0 Å². The molecule has 2 atom stereocenters. The molecule has 308 valence electrons. The highest BCUT2D eigenvalue weighted by Crippen LogP contribution is 2.12. The Balaban J connectivity index is 4.48. The molecule has 0 radical (unpaired) electrons. The van der Waals surface area contributed by atoms with Gasteiger partial charge in [-0.25, -0.2) is 0 Å². The fourth-order valence-corrected chi connectivity index (χ4v) is 6.24. The van der Waals surface area contributed by atoms with E-state index in [0.29, 0.717) is 19.5 Å². The summed E-state index contributed by atoms with van der Waals surface area (Å²) in [7, 11) is 3.98. The molecule has 53 heavy (non-hydrogen) atoms. The summed E-state index contributed by atoms with van der Waals surface area (Å²) in [6.07, 6.45) is 48.5. The smallest absolute Gasteiger partial charge is 0.322 e. The molecule has 0 aromatic carbocycles. The average molecular weight is 743 g/mol. The minimum absolute atomic E-state index is 0.121. The second kappa shape index (κ2) is 39.5. The number of unbranched alkanes of at least 4 members (excludes halogenated alkanes) is 18. The van der Waals surface area contributed by atoms with Crippen LogP contribution in [-0.2, 0) is 14.3 Å². The van der Waals surface area contributed by atoms with Gasteiger partial charge in [-0.1, -0.05) is 140 Å². The van der Waals surface area contributed by atoms with Gasteiger partial charge >= 0.3 is 5.97 Å². The fourth-order valence-electron chi connectivity index (χ4n) is 6.24. The van der Waals surface area contributed by atoms with Crippen LogP contribution in [-0.4, -0.2) is 74.1 Å². The lowest BCUT2D eigenvalue weighted by Crippen LogP contribution is -2.48. The predicted octanol–water partition coefficient (Wildman–Crippen LogP) is 11.0. The molecule has 7 heteroatoms. The highest BCUT2D eigenvalue weighted by atomic mass is 16.5. The standard InChI is InChI=1S/C46H86N4O3/c1-5-7-9-11-13-15-17-19-21-23-25-27-29-31-33-35-40-50(45(51)44(48)42-53-46(52)43(47)38-37-39-49(3)4)41-36-34-32-30-28-26-24-22-20-18-16-14-12-10-8-6-2/h13-16,19-22,43-44H,5-12,17-18,23-42,47-48H2,1-4H3/b15-13-,16-14-,21-19-,22-20-/t43-,44-/m0/s1. The normalized spacial score (nSPS) is 13.3. The Bertz CT molecular complexity index is 897. The third-order valence-electron chi connectivity index (χ3n) is 9.71. The van der Waals surface area contributed by atoms with E-state index in [0.717, 1.165) is 64.3 Å². The molecule has 0 aromatic rings. The van der Waals surface area contributed by atoms with E-state index < -0.39 is 18.1 Å². The summed E-state index contributed by atoms with van der Waals surface area (Å²) in [5, 5.41) is 0. The molecule has 0 rings (SSSR count). The van der Waals surface area contributed by atoms with Gasteiger partial charge in [-0.15, -0.1) is 0 Å². The molecule has 0 saturated carbocycles. The summed E-state index contributed by atoms with van der Waals surface area (Å²) < 4.78 is 5.40. The number of esters is 1. The van der Waals surface area contributed by atoms with Crippen molar-refractivity contribution in [3.8, 4) is 0 Å². The number of carbonyl (C=O) groups excluding carboxylic acids is 2. The van der Waals surface area contributed by atoms with Crippen molar-refractivity contribution in [2.75, 3.05) is 40.3 Å².